The van der Waals surface area contributed by atoms with E-state index in [1.54, 1.807) is 28.6 Å². The van der Waals surface area contributed by atoms with Crippen molar-refractivity contribution in [2.45, 2.75) is 38.0 Å². The molecule has 6 heteroatoms. The fraction of sp³-hybridized carbons (Fsp3) is 0.500. The maximum atomic E-state index is 12.5. The van der Waals surface area contributed by atoms with Gasteiger partial charge in [0.15, 0.2) is 0 Å². The van der Waals surface area contributed by atoms with Crippen LogP contribution >= 0.6 is 12.2 Å². The highest BCUT2D eigenvalue weighted by Gasteiger charge is 2.29. The lowest BCUT2D eigenvalue weighted by molar-refractivity contribution is 0.268. The Morgan fingerprint density at radius 1 is 1.35 bits per heavy atom. The van der Waals surface area contributed by atoms with Gasteiger partial charge in [-0.3, -0.25) is 0 Å². The van der Waals surface area contributed by atoms with Crippen molar-refractivity contribution in [3.63, 3.8) is 0 Å². The first kappa shape index (κ1) is 15.4. The zero-order valence-corrected chi connectivity index (χ0v) is 13.2. The van der Waals surface area contributed by atoms with E-state index >= 15 is 0 Å². The molecule has 20 heavy (non-hydrogen) atoms. The van der Waals surface area contributed by atoms with Gasteiger partial charge in [0.05, 0.1) is 5.75 Å². The number of sulfonamides is 1. The smallest absolute Gasteiger partial charge is 0.218 e. The molecule has 110 valence electrons. The summed E-state index contributed by atoms with van der Waals surface area (Å²) in [6.07, 6.45) is 3.00. The van der Waals surface area contributed by atoms with E-state index in [9.17, 15) is 8.42 Å². The minimum atomic E-state index is -3.25. The van der Waals surface area contributed by atoms with Crippen LogP contribution in [0.4, 0.5) is 0 Å². The Hall–Kier alpha value is -0.980. The second-order valence-corrected chi connectivity index (χ2v) is 7.63. The molecule has 1 unspecified atom stereocenters. The van der Waals surface area contributed by atoms with Crippen molar-refractivity contribution in [1.29, 1.82) is 0 Å². The number of nitrogens with two attached hydrogens (primary N) is 1. The Balaban J connectivity index is 2.13. The van der Waals surface area contributed by atoms with E-state index in [0.29, 0.717) is 11.5 Å². The second kappa shape index (κ2) is 6.20. The molecule has 0 bridgehead atoms. The summed E-state index contributed by atoms with van der Waals surface area (Å²) in [6, 6.07) is 7.20. The van der Waals surface area contributed by atoms with E-state index in [-0.39, 0.29) is 11.8 Å². The van der Waals surface area contributed by atoms with Gasteiger partial charge in [-0.1, -0.05) is 42.9 Å². The molecule has 1 aromatic rings. The molecule has 0 spiro atoms. The van der Waals surface area contributed by atoms with Crippen LogP contribution in [0.5, 0.6) is 0 Å². The molecule has 1 atom stereocenters. The van der Waals surface area contributed by atoms with E-state index < -0.39 is 10.0 Å². The first-order valence-electron chi connectivity index (χ1n) is 6.78. The van der Waals surface area contributed by atoms with Gasteiger partial charge in [0.1, 0.15) is 4.99 Å². The number of rotatable bonds is 4. The third-order valence-electron chi connectivity index (χ3n) is 3.69. The predicted molar refractivity (Wildman–Crippen MR) is 85.0 cm³/mol. The van der Waals surface area contributed by atoms with Crippen LogP contribution < -0.4 is 5.73 Å². The molecule has 0 aliphatic carbocycles. The van der Waals surface area contributed by atoms with E-state index in [1.165, 1.54) is 0 Å². The molecular formula is C14H20N2O2S2. The van der Waals surface area contributed by atoms with Gasteiger partial charge in [-0.15, -0.1) is 0 Å². The van der Waals surface area contributed by atoms with Crippen molar-refractivity contribution in [1.82, 2.24) is 4.31 Å². The number of nitrogens with zero attached hydrogens (tertiary/aromatic N) is 1. The molecule has 1 aromatic carbocycles. The summed E-state index contributed by atoms with van der Waals surface area (Å²) in [6.45, 7) is 2.61. The maximum absolute atomic E-state index is 12.5. The highest BCUT2D eigenvalue weighted by atomic mass is 32.2. The summed E-state index contributed by atoms with van der Waals surface area (Å²) in [4.78, 5) is 0.323. The lowest BCUT2D eigenvalue weighted by Crippen LogP contribution is -2.42. The largest absolute Gasteiger partial charge is 0.389 e. The van der Waals surface area contributed by atoms with Crippen molar-refractivity contribution in [3.8, 4) is 0 Å². The number of benzene rings is 1. The fourth-order valence-corrected chi connectivity index (χ4v) is 4.52. The second-order valence-electron chi connectivity index (χ2n) is 5.27. The lowest BCUT2D eigenvalue weighted by Gasteiger charge is -2.32. The minimum Gasteiger partial charge on any atom is -0.389 e. The average Bonchev–Trinajstić information content (AvgIpc) is 2.39. The van der Waals surface area contributed by atoms with E-state index in [4.69, 9.17) is 18.0 Å². The molecule has 1 aliphatic heterocycles. The van der Waals surface area contributed by atoms with Crippen LogP contribution in [0.25, 0.3) is 0 Å². The molecule has 0 saturated carbocycles. The summed E-state index contributed by atoms with van der Waals surface area (Å²) in [5, 5.41) is 0. The van der Waals surface area contributed by atoms with Crippen molar-refractivity contribution in [2.75, 3.05) is 6.54 Å². The van der Waals surface area contributed by atoms with Gasteiger partial charge in [0, 0.05) is 18.2 Å². The van der Waals surface area contributed by atoms with Crippen LogP contribution in [0, 0.1) is 0 Å². The van der Waals surface area contributed by atoms with Crippen LogP contribution in [-0.2, 0) is 15.8 Å². The summed E-state index contributed by atoms with van der Waals surface area (Å²) in [5.41, 5.74) is 7.05. The van der Waals surface area contributed by atoms with Crippen LogP contribution in [0.15, 0.2) is 24.3 Å². The molecule has 0 aromatic heterocycles. The molecule has 4 nitrogen and oxygen atoms in total. The quantitative estimate of drug-likeness (QED) is 0.864. The molecule has 2 rings (SSSR count). The van der Waals surface area contributed by atoms with Crippen LogP contribution in [0.2, 0.25) is 0 Å². The maximum Gasteiger partial charge on any atom is 0.218 e. The molecule has 0 amide bonds. The van der Waals surface area contributed by atoms with Crippen LogP contribution in [-0.4, -0.2) is 30.3 Å². The van der Waals surface area contributed by atoms with Crippen LogP contribution in [0.1, 0.15) is 37.3 Å². The first-order chi connectivity index (χ1) is 9.40. The van der Waals surface area contributed by atoms with Crippen molar-refractivity contribution in [2.24, 2.45) is 5.73 Å². The minimum absolute atomic E-state index is 0.0367. The van der Waals surface area contributed by atoms with Gasteiger partial charge in [0.2, 0.25) is 10.0 Å². The molecule has 1 saturated heterocycles. The topological polar surface area (TPSA) is 63.4 Å². The van der Waals surface area contributed by atoms with Crippen molar-refractivity contribution < 1.29 is 8.42 Å². The van der Waals surface area contributed by atoms with Gasteiger partial charge >= 0.3 is 0 Å². The van der Waals surface area contributed by atoms with Gasteiger partial charge in [-0.25, -0.2) is 8.42 Å². The molecule has 1 fully saturated rings. The Bertz CT molecular complexity index is 582. The zero-order valence-electron chi connectivity index (χ0n) is 11.6. The van der Waals surface area contributed by atoms with Crippen molar-refractivity contribution in [3.05, 3.63) is 35.4 Å². The molecule has 0 radical (unpaired) electrons. The summed E-state index contributed by atoms with van der Waals surface area (Å²) < 4.78 is 26.6. The average molecular weight is 312 g/mol. The summed E-state index contributed by atoms with van der Waals surface area (Å²) in [7, 11) is -3.25. The van der Waals surface area contributed by atoms with Gasteiger partial charge in [-0.05, 0) is 25.3 Å². The summed E-state index contributed by atoms with van der Waals surface area (Å²) in [5.74, 6) is 0.0367. The molecule has 1 heterocycles. The Morgan fingerprint density at radius 3 is 2.55 bits per heavy atom. The predicted octanol–water partition coefficient (Wildman–Crippen LogP) is 2.02. The van der Waals surface area contributed by atoms with Gasteiger partial charge in [-0.2, -0.15) is 4.31 Å². The lowest BCUT2D eigenvalue weighted by atomic mass is 10.1. The molecular weight excluding hydrogens is 292 g/mol. The Kier molecular flexibility index (Phi) is 4.78. The third-order valence-corrected chi connectivity index (χ3v) is 5.88. The highest BCUT2D eigenvalue weighted by Crippen LogP contribution is 2.22. The summed E-state index contributed by atoms with van der Waals surface area (Å²) >= 11 is 4.88. The third kappa shape index (κ3) is 3.56. The zero-order chi connectivity index (χ0) is 14.8. The monoisotopic (exact) mass is 312 g/mol. The van der Waals surface area contributed by atoms with E-state index in [2.05, 4.69) is 0 Å². The van der Waals surface area contributed by atoms with Crippen LogP contribution in [0.3, 0.4) is 0 Å². The number of hydrogen-bond acceptors (Lipinski definition) is 3. The molecule has 2 N–H and O–H groups in total. The van der Waals surface area contributed by atoms with Crippen molar-refractivity contribution >= 4 is 27.2 Å². The Morgan fingerprint density at radius 2 is 2.00 bits per heavy atom. The fourth-order valence-electron chi connectivity index (χ4n) is 2.54. The van der Waals surface area contributed by atoms with E-state index in [0.717, 1.165) is 30.4 Å². The number of piperidine rings is 1. The number of hydrogen-bond donors (Lipinski definition) is 1. The number of thiocarbonyl (C=S) groups is 1. The standard InChI is InChI=1S/C14H20N2O2S2/c1-11-4-2-3-9-16(11)20(17,18)10-12-5-7-13(8-6-12)14(15)19/h5-8,11H,2-4,9-10H2,1H3,(H2,15,19). The first-order valence-corrected chi connectivity index (χ1v) is 8.80. The molecule has 1 aliphatic rings. The highest BCUT2D eigenvalue weighted by molar-refractivity contribution is 7.88. The van der Waals surface area contributed by atoms with Gasteiger partial charge in [0.25, 0.3) is 0 Å². The van der Waals surface area contributed by atoms with E-state index in [1.807, 2.05) is 6.92 Å². The van der Waals surface area contributed by atoms with Gasteiger partial charge < -0.3 is 5.73 Å². The Labute approximate surface area is 126 Å². The SMILES string of the molecule is CC1CCCCN1S(=O)(=O)Cc1ccc(C(N)=S)cc1. The normalized spacial score (nSPS) is 20.8.